The molecule has 1 aliphatic rings. The van der Waals surface area contributed by atoms with Crippen molar-refractivity contribution in [3.05, 3.63) is 60.8 Å². The number of epoxide rings is 1. The Morgan fingerprint density at radius 3 is 1.71 bits per heavy atom. The molecule has 0 radical (unpaired) electrons. The number of phosphoric acid groups is 1. The lowest BCUT2D eigenvalue weighted by Gasteiger charge is -2.18. The molecule has 0 aliphatic carbocycles. The fourth-order valence-corrected chi connectivity index (χ4v) is 5.45. The third-order valence-electron chi connectivity index (χ3n) is 7.97. The van der Waals surface area contributed by atoms with Crippen LogP contribution in [0, 0.1) is 0 Å². The van der Waals surface area contributed by atoms with Gasteiger partial charge in [0.25, 0.3) is 0 Å². The lowest BCUT2D eigenvalue weighted by Crippen LogP contribution is -2.29. The molecule has 49 heavy (non-hydrogen) atoms. The molecule has 0 aromatic carbocycles. The van der Waals surface area contributed by atoms with Gasteiger partial charge in [-0.3, -0.25) is 14.1 Å². The average Bonchev–Trinajstić information content (AvgIpc) is 3.82. The molecule has 0 saturated carbocycles. The number of hydrogen-bond acceptors (Lipinski definition) is 7. The number of unbranched alkanes of at least 4 members (excludes halogenated alkanes) is 10. The quantitative estimate of drug-likeness (QED) is 0.0230. The second-order valence-corrected chi connectivity index (χ2v) is 13.8. The molecule has 0 bridgehead atoms. The first-order valence-electron chi connectivity index (χ1n) is 18.7. The molecule has 1 heterocycles. The predicted molar refractivity (Wildman–Crippen MR) is 197 cm³/mol. The van der Waals surface area contributed by atoms with Crippen molar-refractivity contribution < 1.29 is 42.7 Å². The average molecular weight is 709 g/mol. The number of carbonyl (C=O) groups is 2. The van der Waals surface area contributed by atoms with Gasteiger partial charge in [0.1, 0.15) is 6.61 Å². The number of esters is 2. The maximum atomic E-state index is 12.3. The van der Waals surface area contributed by atoms with Crippen LogP contribution in [0.3, 0.4) is 0 Å². The van der Waals surface area contributed by atoms with Crippen LogP contribution >= 0.6 is 7.82 Å². The Kier molecular flexibility index (Phi) is 27.9. The second-order valence-electron chi connectivity index (χ2n) is 12.6. The van der Waals surface area contributed by atoms with Crippen LogP contribution in [0.1, 0.15) is 142 Å². The Hall–Kier alpha value is -2.29. The van der Waals surface area contributed by atoms with Gasteiger partial charge in [0, 0.05) is 12.8 Å². The van der Waals surface area contributed by atoms with E-state index in [9.17, 15) is 14.2 Å². The molecule has 280 valence electrons. The summed E-state index contributed by atoms with van der Waals surface area (Å²) < 4.78 is 31.9. The zero-order chi connectivity index (χ0) is 35.8. The third-order valence-corrected chi connectivity index (χ3v) is 8.45. The number of ether oxygens (including phenoxy) is 3. The van der Waals surface area contributed by atoms with E-state index in [1.54, 1.807) is 0 Å². The van der Waals surface area contributed by atoms with Crippen LogP contribution in [0.4, 0.5) is 0 Å². The van der Waals surface area contributed by atoms with Crippen molar-refractivity contribution in [2.75, 3.05) is 13.2 Å². The van der Waals surface area contributed by atoms with E-state index >= 15 is 0 Å². The first kappa shape index (κ1) is 44.7. The van der Waals surface area contributed by atoms with Gasteiger partial charge >= 0.3 is 19.8 Å². The first-order valence-corrected chi connectivity index (χ1v) is 20.2. The molecule has 1 rings (SSSR count). The van der Waals surface area contributed by atoms with Crippen LogP contribution in [0.25, 0.3) is 0 Å². The highest BCUT2D eigenvalue weighted by molar-refractivity contribution is 7.46. The van der Waals surface area contributed by atoms with Gasteiger partial charge in [0.2, 0.25) is 0 Å². The van der Waals surface area contributed by atoms with Gasteiger partial charge in [-0.1, -0.05) is 139 Å². The molecule has 1 saturated heterocycles. The van der Waals surface area contributed by atoms with Crippen molar-refractivity contribution in [3.8, 4) is 0 Å². The number of allylic oxidation sites excluding steroid dienone is 8. The van der Waals surface area contributed by atoms with Gasteiger partial charge in [-0.15, -0.1) is 0 Å². The molecular weight excluding hydrogens is 643 g/mol. The molecule has 1 fully saturated rings. The molecule has 0 aromatic rings. The number of phosphoric ester groups is 1. The van der Waals surface area contributed by atoms with Gasteiger partial charge in [-0.25, -0.2) is 4.57 Å². The van der Waals surface area contributed by atoms with Crippen molar-refractivity contribution >= 4 is 19.8 Å². The Bertz CT molecular complexity index is 1040. The summed E-state index contributed by atoms with van der Waals surface area (Å²) in [5.41, 5.74) is 0. The molecule has 9 nitrogen and oxygen atoms in total. The van der Waals surface area contributed by atoms with Gasteiger partial charge < -0.3 is 24.0 Å². The topological polar surface area (TPSA) is 132 Å². The predicted octanol–water partition coefficient (Wildman–Crippen LogP) is 9.94. The van der Waals surface area contributed by atoms with Crippen molar-refractivity contribution in [1.82, 2.24) is 0 Å². The van der Waals surface area contributed by atoms with E-state index in [4.69, 9.17) is 24.0 Å². The summed E-state index contributed by atoms with van der Waals surface area (Å²) in [5, 5.41) is 0. The molecule has 2 unspecified atom stereocenters. The van der Waals surface area contributed by atoms with Crippen LogP contribution in [-0.2, 0) is 32.9 Å². The second kappa shape index (κ2) is 30.5. The van der Waals surface area contributed by atoms with Crippen molar-refractivity contribution in [3.63, 3.8) is 0 Å². The molecule has 0 amide bonds. The Morgan fingerprint density at radius 1 is 0.653 bits per heavy atom. The Labute approximate surface area is 296 Å². The first-order chi connectivity index (χ1) is 23.7. The lowest BCUT2D eigenvalue weighted by molar-refractivity contribution is -0.161. The van der Waals surface area contributed by atoms with E-state index < -0.39 is 32.5 Å². The number of hydrogen-bond donors (Lipinski definition) is 2. The van der Waals surface area contributed by atoms with E-state index in [1.165, 1.54) is 44.9 Å². The summed E-state index contributed by atoms with van der Waals surface area (Å²) in [7, 11) is -4.77. The highest BCUT2D eigenvalue weighted by Gasteiger charge is 2.35. The summed E-state index contributed by atoms with van der Waals surface area (Å²) in [6, 6.07) is 0. The highest BCUT2D eigenvalue weighted by Crippen LogP contribution is 2.36. The highest BCUT2D eigenvalue weighted by atomic mass is 31.2. The minimum Gasteiger partial charge on any atom is -0.462 e. The Balaban J connectivity index is 2.15. The minimum absolute atomic E-state index is 0.0823. The molecule has 1 aliphatic heterocycles. The molecule has 2 N–H and O–H groups in total. The van der Waals surface area contributed by atoms with Crippen LogP contribution in [0.2, 0.25) is 0 Å². The molecule has 0 spiro atoms. The van der Waals surface area contributed by atoms with Crippen molar-refractivity contribution in [2.24, 2.45) is 0 Å². The number of rotatable bonds is 32. The SMILES string of the molecule is CC/C=C\CC1OC1C/C=C\C/C=C\C/C=C\C/C=C\CCC(=O)O[C@H](COC(=O)CCCCCCCCCCCCC)COP(=O)(O)O. The summed E-state index contributed by atoms with van der Waals surface area (Å²) in [5.74, 6) is -0.992. The van der Waals surface area contributed by atoms with Crippen LogP contribution in [0.5, 0.6) is 0 Å². The van der Waals surface area contributed by atoms with Crippen LogP contribution < -0.4 is 0 Å². The molecule has 10 heteroatoms. The van der Waals surface area contributed by atoms with Gasteiger partial charge in [-0.05, 0) is 51.4 Å². The fraction of sp³-hybridized carbons (Fsp3) is 0.692. The lowest BCUT2D eigenvalue weighted by atomic mass is 10.1. The molecule has 3 atom stereocenters. The Morgan fingerprint density at radius 2 is 1.16 bits per heavy atom. The van der Waals surface area contributed by atoms with Gasteiger partial charge in [-0.2, -0.15) is 0 Å². The van der Waals surface area contributed by atoms with E-state index in [0.29, 0.717) is 25.0 Å². The normalized spacial score (nSPS) is 17.3. The molecule has 0 aromatic heterocycles. The fourth-order valence-electron chi connectivity index (χ4n) is 5.09. The summed E-state index contributed by atoms with van der Waals surface area (Å²) in [6.45, 7) is 3.47. The van der Waals surface area contributed by atoms with E-state index in [0.717, 1.165) is 57.8 Å². The summed E-state index contributed by atoms with van der Waals surface area (Å²) >= 11 is 0. The monoisotopic (exact) mass is 708 g/mol. The van der Waals surface area contributed by atoms with Gasteiger partial charge in [0.05, 0.1) is 18.8 Å². The maximum absolute atomic E-state index is 12.3. The summed E-state index contributed by atoms with van der Waals surface area (Å²) in [6.07, 6.45) is 40.0. The van der Waals surface area contributed by atoms with E-state index in [-0.39, 0.29) is 19.4 Å². The van der Waals surface area contributed by atoms with Crippen molar-refractivity contribution in [2.45, 2.75) is 161 Å². The van der Waals surface area contributed by atoms with Crippen LogP contribution in [0.15, 0.2) is 60.8 Å². The largest absolute Gasteiger partial charge is 0.469 e. The van der Waals surface area contributed by atoms with Crippen LogP contribution in [-0.4, -0.2) is 53.3 Å². The standard InChI is InChI=1S/C39H65O9P/c1-3-5-7-8-9-10-13-17-20-23-27-31-38(40)45-33-35(34-46-49(42,43)44)47-39(41)32-28-24-21-18-15-12-11-14-16-19-22-26-30-37-36(48-37)29-25-6-4-2/h6,12,14-16,21-22,24-26,35-37H,3-5,7-11,13,17-20,23,27-34H2,1-2H3,(H2,42,43,44)/b15-12-,16-14-,24-21-,25-6-,26-22-/t35-,36?,37?/m1/s1. The molecular formula is C39H65O9P. The zero-order valence-electron chi connectivity index (χ0n) is 30.3. The minimum atomic E-state index is -4.77. The number of carbonyl (C=O) groups excluding carboxylic acids is 2. The maximum Gasteiger partial charge on any atom is 0.469 e. The van der Waals surface area contributed by atoms with Crippen molar-refractivity contribution in [1.29, 1.82) is 0 Å². The van der Waals surface area contributed by atoms with E-state index in [1.807, 2.05) is 12.2 Å². The van der Waals surface area contributed by atoms with Gasteiger partial charge in [0.15, 0.2) is 6.10 Å². The zero-order valence-corrected chi connectivity index (χ0v) is 31.2. The third kappa shape index (κ3) is 30.3. The summed E-state index contributed by atoms with van der Waals surface area (Å²) in [4.78, 5) is 42.6. The van der Waals surface area contributed by atoms with E-state index in [2.05, 4.69) is 67.0 Å². The smallest absolute Gasteiger partial charge is 0.462 e.